The Morgan fingerprint density at radius 2 is 1.03 bits per heavy atom. The molecule has 4 atom stereocenters. The van der Waals surface area contributed by atoms with Gasteiger partial charge < -0.3 is 14.2 Å². The molecule has 1 fully saturated rings. The first-order chi connectivity index (χ1) is 14.3. The second kappa shape index (κ2) is 7.57. The lowest BCUT2D eigenvalue weighted by molar-refractivity contribution is -0.745. The van der Waals surface area contributed by atoms with Crippen molar-refractivity contribution in [2.24, 2.45) is 0 Å². The molecule has 0 spiro atoms. The number of hydrogen-bond acceptors (Lipinski definition) is 3. The lowest BCUT2D eigenvalue weighted by atomic mass is 9.71. The minimum Gasteiger partial charge on any atom is -0.463 e. The molecule has 1 aliphatic rings. The summed E-state index contributed by atoms with van der Waals surface area (Å²) < 4.78 is 11.5. The van der Waals surface area contributed by atoms with Crippen LogP contribution in [0.1, 0.15) is 46.6 Å². The topological polar surface area (TPSA) is 60.0 Å². The van der Waals surface area contributed by atoms with Crippen LogP contribution in [0.3, 0.4) is 0 Å². The Bertz CT molecular complexity index is 970. The van der Waals surface area contributed by atoms with Crippen LogP contribution in [0.5, 0.6) is 0 Å². The number of ketones is 1. The van der Waals surface area contributed by atoms with Crippen LogP contribution in [-0.4, -0.2) is 5.78 Å². The van der Waals surface area contributed by atoms with Gasteiger partial charge >= 0.3 is 0 Å². The van der Waals surface area contributed by atoms with Crippen LogP contribution < -0.4 is 5.32 Å². The number of carbonyl (C=O) groups excluding carboxylic acids is 1. The van der Waals surface area contributed by atoms with Crippen LogP contribution in [-0.2, 0) is 4.79 Å². The van der Waals surface area contributed by atoms with Gasteiger partial charge in [-0.3, -0.25) is 4.79 Å². The Hall–Kier alpha value is -3.37. The molecule has 2 aromatic carbocycles. The minimum atomic E-state index is -0.307. The highest BCUT2D eigenvalue weighted by Crippen LogP contribution is 2.43. The normalized spacial score (nSPS) is 24.5. The van der Waals surface area contributed by atoms with Crippen molar-refractivity contribution < 1.29 is 18.9 Å². The zero-order valence-corrected chi connectivity index (χ0v) is 15.8. The maximum absolute atomic E-state index is 14.0. The van der Waals surface area contributed by atoms with Crippen molar-refractivity contribution in [3.63, 3.8) is 0 Å². The molecule has 29 heavy (non-hydrogen) atoms. The molecule has 5 rings (SSSR count). The van der Waals surface area contributed by atoms with Gasteiger partial charge in [0.1, 0.15) is 11.8 Å². The Balaban J connectivity index is 1.66. The van der Waals surface area contributed by atoms with Crippen LogP contribution in [0.4, 0.5) is 0 Å². The number of nitrogens with two attached hydrogens (primary N) is 1. The van der Waals surface area contributed by atoms with Crippen molar-refractivity contribution in [1.82, 2.24) is 0 Å². The summed E-state index contributed by atoms with van der Waals surface area (Å²) in [4.78, 5) is 14.0. The molecular weight excluding hydrogens is 362 g/mol. The van der Waals surface area contributed by atoms with Crippen molar-refractivity contribution in [2.45, 2.75) is 23.9 Å². The summed E-state index contributed by atoms with van der Waals surface area (Å²) in [5, 5.41) is 2.23. The second-order valence-electron chi connectivity index (χ2n) is 7.45. The van der Waals surface area contributed by atoms with E-state index < -0.39 is 0 Å². The smallest absolute Gasteiger partial charge is 0.162 e. The first-order valence-corrected chi connectivity index (χ1v) is 9.88. The maximum Gasteiger partial charge on any atom is 0.162 e. The standard InChI is InChI=1S/C25H21NO3/c27-25-21(17-9-3-1-4-10-17)23(19-13-7-15-28-19)26-24(20-14-8-16-29-20)22(25)18-11-5-2-6-12-18/h1-16,21-24,26H/p+1/t21-,22-,23-,24-/m0/s1. The van der Waals surface area contributed by atoms with Gasteiger partial charge in [-0.15, -0.1) is 0 Å². The molecule has 0 aliphatic carbocycles. The molecule has 4 heteroatoms. The molecule has 4 aromatic rings. The Labute approximate surface area is 169 Å². The fourth-order valence-electron chi connectivity index (χ4n) is 4.54. The number of rotatable bonds is 4. The summed E-state index contributed by atoms with van der Waals surface area (Å²) >= 11 is 0. The van der Waals surface area contributed by atoms with E-state index in [-0.39, 0.29) is 29.7 Å². The van der Waals surface area contributed by atoms with Crippen molar-refractivity contribution >= 4 is 5.78 Å². The highest BCUT2D eigenvalue weighted by molar-refractivity contribution is 5.93. The lowest BCUT2D eigenvalue weighted by Crippen LogP contribution is -2.91. The van der Waals surface area contributed by atoms with Gasteiger partial charge in [0.2, 0.25) is 0 Å². The number of Topliss-reactive ketones (excluding diaryl/α,β-unsaturated/α-hetero) is 1. The molecule has 3 heterocycles. The van der Waals surface area contributed by atoms with Crippen molar-refractivity contribution in [3.05, 3.63) is 120 Å². The van der Waals surface area contributed by atoms with Gasteiger partial charge in [0.15, 0.2) is 29.4 Å². The van der Waals surface area contributed by atoms with Gasteiger partial charge in [-0.25, -0.2) is 0 Å². The summed E-state index contributed by atoms with van der Waals surface area (Å²) in [6, 6.07) is 27.3. The number of hydrogen-bond donors (Lipinski definition) is 1. The van der Waals surface area contributed by atoms with Crippen LogP contribution in [0.15, 0.2) is 106 Å². The predicted octanol–water partition coefficient (Wildman–Crippen LogP) is 4.37. The molecule has 0 radical (unpaired) electrons. The summed E-state index contributed by atoms with van der Waals surface area (Å²) in [5.41, 5.74) is 2.02. The number of furan rings is 2. The van der Waals surface area contributed by atoms with E-state index in [2.05, 4.69) is 5.32 Å². The SMILES string of the molecule is O=C1[C@@H](c2ccccc2)[C@H](c2ccco2)[NH2+][C@@H](c2ccco2)[C@@H]1c1ccccc1. The van der Waals surface area contributed by atoms with E-state index in [0.29, 0.717) is 0 Å². The molecule has 2 N–H and O–H groups in total. The van der Waals surface area contributed by atoms with Crippen LogP contribution >= 0.6 is 0 Å². The largest absolute Gasteiger partial charge is 0.463 e. The average Bonchev–Trinajstić information content (AvgIpc) is 3.49. The zero-order valence-electron chi connectivity index (χ0n) is 15.8. The number of carbonyl (C=O) groups is 1. The van der Waals surface area contributed by atoms with Gasteiger partial charge in [-0.2, -0.15) is 0 Å². The van der Waals surface area contributed by atoms with Crippen molar-refractivity contribution in [2.75, 3.05) is 0 Å². The van der Waals surface area contributed by atoms with E-state index >= 15 is 0 Å². The average molecular weight is 384 g/mol. The first kappa shape index (κ1) is 17.7. The van der Waals surface area contributed by atoms with Gasteiger partial charge in [0, 0.05) is 0 Å². The van der Waals surface area contributed by atoms with E-state index in [1.54, 1.807) is 12.5 Å². The van der Waals surface area contributed by atoms with Crippen molar-refractivity contribution in [1.29, 1.82) is 0 Å². The highest BCUT2D eigenvalue weighted by Gasteiger charge is 2.51. The Kier molecular flexibility index (Phi) is 4.62. The van der Waals surface area contributed by atoms with Crippen molar-refractivity contribution in [3.8, 4) is 0 Å². The van der Waals surface area contributed by atoms with Gasteiger partial charge in [0.05, 0.1) is 12.5 Å². The molecule has 144 valence electrons. The third kappa shape index (κ3) is 3.22. The molecule has 1 aliphatic heterocycles. The van der Waals surface area contributed by atoms with E-state index in [1.165, 1.54) is 0 Å². The Morgan fingerprint density at radius 1 is 0.586 bits per heavy atom. The fraction of sp³-hybridized carbons (Fsp3) is 0.160. The molecule has 4 nitrogen and oxygen atoms in total. The summed E-state index contributed by atoms with van der Waals surface area (Å²) in [7, 11) is 0. The second-order valence-corrected chi connectivity index (χ2v) is 7.45. The summed E-state index contributed by atoms with van der Waals surface area (Å²) in [5.74, 6) is 1.18. The van der Waals surface area contributed by atoms with E-state index in [0.717, 1.165) is 22.6 Å². The first-order valence-electron chi connectivity index (χ1n) is 9.88. The molecule has 0 unspecified atom stereocenters. The van der Waals surface area contributed by atoms with Crippen LogP contribution in [0, 0.1) is 0 Å². The molecule has 0 amide bonds. The zero-order chi connectivity index (χ0) is 19.6. The highest BCUT2D eigenvalue weighted by atomic mass is 16.3. The third-order valence-electron chi connectivity index (χ3n) is 5.81. The maximum atomic E-state index is 14.0. The summed E-state index contributed by atoms with van der Waals surface area (Å²) in [6.45, 7) is 0. The number of piperidine rings is 1. The van der Waals surface area contributed by atoms with E-state index in [1.807, 2.05) is 84.9 Å². The lowest BCUT2D eigenvalue weighted by Gasteiger charge is -2.37. The summed E-state index contributed by atoms with van der Waals surface area (Å²) in [6.07, 6.45) is 3.34. The molecule has 1 saturated heterocycles. The predicted molar refractivity (Wildman–Crippen MR) is 108 cm³/mol. The van der Waals surface area contributed by atoms with Gasteiger partial charge in [0.25, 0.3) is 0 Å². The number of benzene rings is 2. The Morgan fingerprint density at radius 3 is 1.41 bits per heavy atom. The quantitative estimate of drug-likeness (QED) is 0.568. The van der Waals surface area contributed by atoms with Gasteiger partial charge in [-0.1, -0.05) is 60.7 Å². The van der Waals surface area contributed by atoms with Crippen LogP contribution in [0.25, 0.3) is 0 Å². The third-order valence-corrected chi connectivity index (χ3v) is 5.81. The molecule has 0 saturated carbocycles. The monoisotopic (exact) mass is 384 g/mol. The van der Waals surface area contributed by atoms with Crippen LogP contribution in [0.2, 0.25) is 0 Å². The number of quaternary nitrogens is 1. The molecular formula is C25H22NO3+. The van der Waals surface area contributed by atoms with E-state index in [4.69, 9.17) is 8.83 Å². The van der Waals surface area contributed by atoms with Gasteiger partial charge in [-0.05, 0) is 35.4 Å². The fourth-order valence-corrected chi connectivity index (χ4v) is 4.54. The minimum absolute atomic E-state index is 0.157. The molecule has 2 aromatic heterocycles. The van der Waals surface area contributed by atoms with E-state index in [9.17, 15) is 4.79 Å². The molecule has 0 bridgehead atoms.